The Hall–Kier alpha value is -0.570. The summed E-state index contributed by atoms with van der Waals surface area (Å²) >= 11 is 6.17. The second-order valence-corrected chi connectivity index (χ2v) is 5.49. The maximum Gasteiger partial charge on any atom is 0.0451 e. The van der Waals surface area contributed by atoms with Crippen LogP contribution in [-0.4, -0.2) is 31.1 Å². The fourth-order valence-corrected chi connectivity index (χ4v) is 2.74. The molecule has 0 amide bonds. The van der Waals surface area contributed by atoms with Crippen LogP contribution in [0.5, 0.6) is 0 Å². The van der Waals surface area contributed by atoms with Gasteiger partial charge in [0, 0.05) is 24.2 Å². The van der Waals surface area contributed by atoms with Crippen LogP contribution in [-0.2, 0) is 6.54 Å². The Kier molecular flexibility index (Phi) is 4.43. The lowest BCUT2D eigenvalue weighted by Crippen LogP contribution is -2.32. The molecule has 1 heterocycles. The number of halogens is 1. The number of hydrogen-bond donors (Lipinski definition) is 1. The van der Waals surface area contributed by atoms with E-state index in [0.717, 1.165) is 30.6 Å². The van der Waals surface area contributed by atoms with Crippen molar-refractivity contribution in [1.29, 1.82) is 0 Å². The van der Waals surface area contributed by atoms with E-state index in [1.54, 1.807) is 0 Å². The molecule has 1 N–H and O–H groups in total. The zero-order chi connectivity index (χ0) is 12.3. The molecule has 94 valence electrons. The van der Waals surface area contributed by atoms with Gasteiger partial charge in [-0.3, -0.25) is 0 Å². The van der Waals surface area contributed by atoms with Crippen molar-refractivity contribution in [1.82, 2.24) is 10.2 Å². The van der Waals surface area contributed by atoms with E-state index >= 15 is 0 Å². The van der Waals surface area contributed by atoms with Gasteiger partial charge in [0.2, 0.25) is 0 Å². The van der Waals surface area contributed by atoms with Crippen molar-refractivity contribution in [2.24, 2.45) is 5.92 Å². The van der Waals surface area contributed by atoms with Crippen LogP contribution in [0.3, 0.4) is 0 Å². The highest BCUT2D eigenvalue weighted by molar-refractivity contribution is 6.31. The highest BCUT2D eigenvalue weighted by atomic mass is 35.5. The van der Waals surface area contributed by atoms with Crippen molar-refractivity contribution in [3.8, 4) is 0 Å². The molecule has 1 aromatic carbocycles. The minimum atomic E-state index is 0.642. The van der Waals surface area contributed by atoms with Crippen molar-refractivity contribution in [2.75, 3.05) is 20.1 Å². The van der Waals surface area contributed by atoms with E-state index in [0.29, 0.717) is 6.04 Å². The molecule has 2 unspecified atom stereocenters. The molecule has 0 radical (unpaired) electrons. The molecule has 3 heteroatoms. The monoisotopic (exact) mass is 252 g/mol. The van der Waals surface area contributed by atoms with Gasteiger partial charge in [-0.2, -0.15) is 0 Å². The van der Waals surface area contributed by atoms with E-state index < -0.39 is 0 Å². The maximum atomic E-state index is 6.17. The third kappa shape index (κ3) is 3.44. The van der Waals surface area contributed by atoms with E-state index in [2.05, 4.69) is 36.3 Å². The maximum absolute atomic E-state index is 6.17. The second-order valence-electron chi connectivity index (χ2n) is 5.08. The van der Waals surface area contributed by atoms with Crippen molar-refractivity contribution >= 4 is 11.6 Å². The van der Waals surface area contributed by atoms with Crippen molar-refractivity contribution in [3.05, 3.63) is 34.9 Å². The molecule has 1 fully saturated rings. The van der Waals surface area contributed by atoms with Crippen LogP contribution in [0.25, 0.3) is 0 Å². The topological polar surface area (TPSA) is 15.3 Å². The Labute approximate surface area is 109 Å². The molecule has 1 aliphatic rings. The van der Waals surface area contributed by atoms with Gasteiger partial charge in [0.1, 0.15) is 0 Å². The average Bonchev–Trinajstić information content (AvgIpc) is 2.68. The molecule has 2 rings (SSSR count). The highest BCUT2D eigenvalue weighted by Gasteiger charge is 2.23. The van der Waals surface area contributed by atoms with Gasteiger partial charge < -0.3 is 10.2 Å². The van der Waals surface area contributed by atoms with E-state index in [-0.39, 0.29) is 0 Å². The third-order valence-electron chi connectivity index (χ3n) is 3.63. The molecule has 1 saturated heterocycles. The smallest absolute Gasteiger partial charge is 0.0451 e. The summed E-state index contributed by atoms with van der Waals surface area (Å²) in [6.07, 6.45) is 1.29. The summed E-state index contributed by atoms with van der Waals surface area (Å²) in [6, 6.07) is 8.74. The van der Waals surface area contributed by atoms with Gasteiger partial charge in [0.05, 0.1) is 0 Å². The SMILES string of the molecule is CC1NCCC1CN(C)Cc1ccccc1Cl. The Morgan fingerprint density at radius 1 is 1.41 bits per heavy atom. The van der Waals surface area contributed by atoms with Gasteiger partial charge in [-0.05, 0) is 44.5 Å². The van der Waals surface area contributed by atoms with Gasteiger partial charge in [0.15, 0.2) is 0 Å². The second kappa shape index (κ2) is 5.85. The molecule has 2 nitrogen and oxygen atoms in total. The Morgan fingerprint density at radius 3 is 2.82 bits per heavy atom. The highest BCUT2D eigenvalue weighted by Crippen LogP contribution is 2.20. The third-order valence-corrected chi connectivity index (χ3v) is 4.00. The van der Waals surface area contributed by atoms with Gasteiger partial charge in [-0.15, -0.1) is 0 Å². The number of nitrogens with one attached hydrogen (secondary N) is 1. The molecule has 0 aromatic heterocycles. The van der Waals surface area contributed by atoms with Crippen LogP contribution in [0.15, 0.2) is 24.3 Å². The van der Waals surface area contributed by atoms with Crippen LogP contribution in [0.4, 0.5) is 0 Å². The predicted octanol–water partition coefficient (Wildman–Crippen LogP) is 2.77. The van der Waals surface area contributed by atoms with E-state index in [4.69, 9.17) is 11.6 Å². The summed E-state index contributed by atoms with van der Waals surface area (Å²) in [5.41, 5.74) is 1.22. The summed E-state index contributed by atoms with van der Waals surface area (Å²) in [5, 5.41) is 4.37. The lowest BCUT2D eigenvalue weighted by Gasteiger charge is -2.23. The molecule has 0 saturated carbocycles. The zero-order valence-corrected chi connectivity index (χ0v) is 11.4. The summed E-state index contributed by atoms with van der Waals surface area (Å²) < 4.78 is 0. The fourth-order valence-electron chi connectivity index (χ4n) is 2.54. The molecular weight excluding hydrogens is 232 g/mol. The standard InChI is InChI=1S/C14H21ClN2/c1-11-12(7-8-16-11)9-17(2)10-13-5-3-4-6-14(13)15/h3-6,11-12,16H,7-10H2,1-2H3. The summed E-state index contributed by atoms with van der Waals surface area (Å²) in [7, 11) is 2.17. The molecule has 0 bridgehead atoms. The molecule has 1 aliphatic heterocycles. The summed E-state index contributed by atoms with van der Waals surface area (Å²) in [6.45, 7) is 5.51. The van der Waals surface area contributed by atoms with Crippen LogP contribution >= 0.6 is 11.6 Å². The Bertz CT molecular complexity index is 367. The molecular formula is C14H21ClN2. The minimum Gasteiger partial charge on any atom is -0.314 e. The first kappa shape index (κ1) is 12.9. The number of rotatable bonds is 4. The molecule has 0 spiro atoms. The predicted molar refractivity (Wildman–Crippen MR) is 73.4 cm³/mol. The lowest BCUT2D eigenvalue weighted by molar-refractivity contribution is 0.259. The first-order valence-electron chi connectivity index (χ1n) is 6.32. The number of hydrogen-bond acceptors (Lipinski definition) is 2. The van der Waals surface area contributed by atoms with Gasteiger partial charge in [0.25, 0.3) is 0 Å². The van der Waals surface area contributed by atoms with E-state index in [9.17, 15) is 0 Å². The average molecular weight is 253 g/mol. The molecule has 17 heavy (non-hydrogen) atoms. The van der Waals surface area contributed by atoms with Gasteiger partial charge >= 0.3 is 0 Å². The molecule has 0 aliphatic carbocycles. The van der Waals surface area contributed by atoms with Crippen LogP contribution in [0.2, 0.25) is 5.02 Å². The molecule has 2 atom stereocenters. The lowest BCUT2D eigenvalue weighted by atomic mass is 10.0. The van der Waals surface area contributed by atoms with Crippen LogP contribution in [0, 0.1) is 5.92 Å². The fraction of sp³-hybridized carbons (Fsp3) is 0.571. The van der Waals surface area contributed by atoms with Crippen molar-refractivity contribution in [2.45, 2.75) is 25.9 Å². The van der Waals surface area contributed by atoms with E-state index in [1.807, 2.05) is 12.1 Å². The Balaban J connectivity index is 1.89. The van der Waals surface area contributed by atoms with Crippen molar-refractivity contribution < 1.29 is 0 Å². The van der Waals surface area contributed by atoms with E-state index in [1.165, 1.54) is 12.0 Å². The first-order chi connectivity index (χ1) is 8.16. The van der Waals surface area contributed by atoms with Crippen LogP contribution < -0.4 is 5.32 Å². The summed E-state index contributed by atoms with van der Waals surface area (Å²) in [4.78, 5) is 2.37. The minimum absolute atomic E-state index is 0.642. The Morgan fingerprint density at radius 2 is 2.18 bits per heavy atom. The summed E-state index contributed by atoms with van der Waals surface area (Å²) in [5.74, 6) is 0.766. The zero-order valence-electron chi connectivity index (χ0n) is 10.6. The molecule has 1 aromatic rings. The largest absolute Gasteiger partial charge is 0.314 e. The van der Waals surface area contributed by atoms with Crippen molar-refractivity contribution in [3.63, 3.8) is 0 Å². The number of benzene rings is 1. The van der Waals surface area contributed by atoms with Crippen LogP contribution in [0.1, 0.15) is 18.9 Å². The quantitative estimate of drug-likeness (QED) is 0.887. The van der Waals surface area contributed by atoms with Gasteiger partial charge in [-0.1, -0.05) is 29.8 Å². The van der Waals surface area contributed by atoms with Gasteiger partial charge in [-0.25, -0.2) is 0 Å². The normalized spacial score (nSPS) is 24.5. The first-order valence-corrected chi connectivity index (χ1v) is 6.70. The number of nitrogens with zero attached hydrogens (tertiary/aromatic N) is 1.